The zero-order valence-electron chi connectivity index (χ0n) is 13.1. The Balaban J connectivity index is 0.000000211. The van der Waals surface area contributed by atoms with Gasteiger partial charge in [0.25, 0.3) is 5.91 Å². The van der Waals surface area contributed by atoms with Crippen molar-refractivity contribution in [2.24, 2.45) is 5.41 Å². The van der Waals surface area contributed by atoms with E-state index in [2.05, 4.69) is 20.0 Å². The van der Waals surface area contributed by atoms with E-state index in [1.165, 1.54) is 0 Å². The highest BCUT2D eigenvalue weighted by atomic mass is 16.6. The van der Waals surface area contributed by atoms with E-state index in [-0.39, 0.29) is 16.7 Å². The SMILES string of the molecule is CC(C)(C)C1OC(=O)NC1=O.CC(C)(C)c1noc(=O)[nH]1. The van der Waals surface area contributed by atoms with E-state index < -0.39 is 18.0 Å². The Morgan fingerprint density at radius 1 is 1.05 bits per heavy atom. The van der Waals surface area contributed by atoms with Gasteiger partial charge in [0, 0.05) is 10.8 Å². The number of rotatable bonds is 0. The van der Waals surface area contributed by atoms with Crippen LogP contribution in [0.4, 0.5) is 4.79 Å². The maximum absolute atomic E-state index is 11.0. The van der Waals surface area contributed by atoms with Gasteiger partial charge < -0.3 is 4.74 Å². The number of ether oxygens (including phenoxy) is 1. The first kappa shape index (κ1) is 16.9. The molecule has 1 fully saturated rings. The molecular formula is C13H21N3O5. The minimum absolute atomic E-state index is 0.147. The van der Waals surface area contributed by atoms with E-state index in [0.29, 0.717) is 5.82 Å². The Labute approximate surface area is 122 Å². The van der Waals surface area contributed by atoms with Crippen LogP contribution >= 0.6 is 0 Å². The molecule has 1 aromatic rings. The molecular weight excluding hydrogens is 278 g/mol. The Bertz CT molecular complexity index is 574. The summed E-state index contributed by atoms with van der Waals surface area (Å²) in [5.74, 6) is -0.259. The zero-order valence-corrected chi connectivity index (χ0v) is 13.1. The molecule has 1 atom stereocenters. The number of nitrogens with zero attached hydrogens (tertiary/aromatic N) is 1. The lowest BCUT2D eigenvalue weighted by Crippen LogP contribution is -2.34. The van der Waals surface area contributed by atoms with Crippen molar-refractivity contribution in [1.82, 2.24) is 15.5 Å². The maximum atomic E-state index is 11.0. The van der Waals surface area contributed by atoms with Crippen LogP contribution in [0.3, 0.4) is 0 Å². The van der Waals surface area contributed by atoms with Gasteiger partial charge in [-0.05, 0) is 0 Å². The molecule has 118 valence electrons. The Kier molecular flexibility index (Phi) is 4.60. The predicted molar refractivity (Wildman–Crippen MR) is 73.7 cm³/mol. The van der Waals surface area contributed by atoms with Gasteiger partial charge >= 0.3 is 11.8 Å². The van der Waals surface area contributed by atoms with E-state index in [0.717, 1.165) is 0 Å². The summed E-state index contributed by atoms with van der Waals surface area (Å²) in [5, 5.41) is 5.62. The van der Waals surface area contributed by atoms with Crippen molar-refractivity contribution in [1.29, 1.82) is 0 Å². The van der Waals surface area contributed by atoms with E-state index in [4.69, 9.17) is 4.74 Å². The summed E-state index contributed by atoms with van der Waals surface area (Å²) in [4.78, 5) is 34.5. The van der Waals surface area contributed by atoms with Crippen molar-refractivity contribution in [2.75, 3.05) is 0 Å². The van der Waals surface area contributed by atoms with Crippen LogP contribution in [0, 0.1) is 5.41 Å². The molecule has 2 N–H and O–H groups in total. The van der Waals surface area contributed by atoms with Crippen LogP contribution in [-0.4, -0.2) is 28.2 Å². The third-order valence-electron chi connectivity index (χ3n) is 2.63. The monoisotopic (exact) mass is 299 g/mol. The smallest absolute Gasteiger partial charge is 0.435 e. The first-order valence-corrected chi connectivity index (χ1v) is 6.49. The topological polar surface area (TPSA) is 114 Å². The molecule has 1 saturated heterocycles. The highest BCUT2D eigenvalue weighted by Crippen LogP contribution is 2.24. The summed E-state index contributed by atoms with van der Waals surface area (Å²) in [6.45, 7) is 11.4. The van der Waals surface area contributed by atoms with Crippen LogP contribution in [-0.2, 0) is 14.9 Å². The molecule has 2 heterocycles. The molecule has 2 amide bonds. The average molecular weight is 299 g/mol. The fourth-order valence-electron chi connectivity index (χ4n) is 1.48. The molecule has 0 radical (unpaired) electrons. The van der Waals surface area contributed by atoms with Gasteiger partial charge in [0.1, 0.15) is 0 Å². The normalized spacial score (nSPS) is 18.7. The van der Waals surface area contributed by atoms with Crippen molar-refractivity contribution in [3.8, 4) is 0 Å². The second-order valence-electron chi connectivity index (χ2n) is 6.83. The molecule has 2 rings (SSSR count). The molecule has 0 spiro atoms. The fraction of sp³-hybridized carbons (Fsp3) is 0.692. The number of alkyl carbamates (subject to hydrolysis) is 1. The molecule has 1 aliphatic rings. The Morgan fingerprint density at radius 3 is 1.81 bits per heavy atom. The fourth-order valence-corrected chi connectivity index (χ4v) is 1.48. The number of nitrogens with one attached hydrogen (secondary N) is 2. The summed E-state index contributed by atoms with van der Waals surface area (Å²) < 4.78 is 9.07. The van der Waals surface area contributed by atoms with Crippen molar-refractivity contribution >= 4 is 12.0 Å². The first-order valence-electron chi connectivity index (χ1n) is 6.49. The molecule has 8 nitrogen and oxygen atoms in total. The number of aromatic amines is 1. The molecule has 8 heteroatoms. The summed E-state index contributed by atoms with van der Waals surface area (Å²) in [6, 6.07) is 0. The lowest BCUT2D eigenvalue weighted by Gasteiger charge is -2.21. The van der Waals surface area contributed by atoms with E-state index in [1.54, 1.807) is 0 Å². The van der Waals surface area contributed by atoms with Crippen molar-refractivity contribution in [3.05, 3.63) is 16.4 Å². The zero-order chi connectivity index (χ0) is 16.4. The third-order valence-corrected chi connectivity index (χ3v) is 2.63. The van der Waals surface area contributed by atoms with Gasteiger partial charge in [-0.15, -0.1) is 0 Å². The van der Waals surface area contributed by atoms with Crippen LogP contribution in [0.1, 0.15) is 47.4 Å². The van der Waals surface area contributed by atoms with Crippen LogP contribution < -0.4 is 11.1 Å². The molecule has 1 aliphatic heterocycles. The molecule has 0 saturated carbocycles. The highest BCUT2D eigenvalue weighted by Gasteiger charge is 2.40. The van der Waals surface area contributed by atoms with Crippen molar-refractivity contribution in [2.45, 2.75) is 53.1 Å². The third kappa shape index (κ3) is 4.73. The van der Waals surface area contributed by atoms with E-state index in [9.17, 15) is 14.4 Å². The number of cyclic esters (lactones) is 1. The summed E-state index contributed by atoms with van der Waals surface area (Å²) >= 11 is 0. The van der Waals surface area contributed by atoms with E-state index in [1.807, 2.05) is 41.5 Å². The number of H-pyrrole nitrogens is 1. The van der Waals surface area contributed by atoms with Gasteiger partial charge in [-0.25, -0.2) is 9.59 Å². The lowest BCUT2D eigenvalue weighted by molar-refractivity contribution is -0.127. The van der Waals surface area contributed by atoms with E-state index >= 15 is 0 Å². The number of imide groups is 1. The minimum Gasteiger partial charge on any atom is -0.435 e. The molecule has 21 heavy (non-hydrogen) atoms. The van der Waals surface area contributed by atoms with Gasteiger partial charge in [0.15, 0.2) is 11.9 Å². The average Bonchev–Trinajstić information content (AvgIpc) is 2.84. The summed E-state index contributed by atoms with van der Waals surface area (Å²) in [6.07, 6.45) is -1.29. The lowest BCUT2D eigenvalue weighted by atomic mass is 9.89. The molecule has 1 aromatic heterocycles. The van der Waals surface area contributed by atoms with Crippen LogP contribution in [0.15, 0.2) is 9.32 Å². The highest BCUT2D eigenvalue weighted by molar-refractivity contribution is 6.00. The number of aromatic nitrogens is 2. The Morgan fingerprint density at radius 2 is 1.62 bits per heavy atom. The van der Waals surface area contributed by atoms with Gasteiger partial charge in [0.05, 0.1) is 0 Å². The molecule has 0 aromatic carbocycles. The molecule has 0 aliphatic carbocycles. The number of carbonyl (C=O) groups is 2. The van der Waals surface area contributed by atoms with Crippen LogP contribution in [0.25, 0.3) is 0 Å². The second kappa shape index (κ2) is 5.71. The molecule has 1 unspecified atom stereocenters. The number of amides is 2. The van der Waals surface area contributed by atoms with Gasteiger partial charge in [0.2, 0.25) is 0 Å². The standard InChI is InChI=1S/C7H11NO3.C6H10N2O2/c1-7(2,3)4-5(9)8-6(10)11-4;1-6(2,3)4-7-5(9)10-8-4/h4H,1-3H3,(H,8,9,10);1-3H3,(H,7,8,9). The summed E-state index contributed by atoms with van der Waals surface area (Å²) in [7, 11) is 0. The first-order chi connectivity index (χ1) is 9.41. The summed E-state index contributed by atoms with van der Waals surface area (Å²) in [5.41, 5.74) is -0.470. The quantitative estimate of drug-likeness (QED) is 0.747. The van der Waals surface area contributed by atoms with Gasteiger partial charge in [-0.1, -0.05) is 46.7 Å². The van der Waals surface area contributed by atoms with Crippen LogP contribution in [0.5, 0.6) is 0 Å². The van der Waals surface area contributed by atoms with Crippen molar-refractivity contribution in [3.63, 3.8) is 0 Å². The largest absolute Gasteiger partial charge is 0.438 e. The molecule has 0 bridgehead atoms. The maximum Gasteiger partial charge on any atom is 0.438 e. The second-order valence-corrected chi connectivity index (χ2v) is 6.83. The predicted octanol–water partition coefficient (Wildman–Crippen LogP) is 1.33. The number of hydrogen-bond acceptors (Lipinski definition) is 6. The number of hydrogen-bond donors (Lipinski definition) is 2. The number of carbonyl (C=O) groups excluding carboxylic acids is 2. The van der Waals surface area contributed by atoms with Crippen molar-refractivity contribution < 1.29 is 18.8 Å². The minimum atomic E-state index is -0.644. The Hall–Kier alpha value is -2.12. The van der Waals surface area contributed by atoms with Crippen LogP contribution in [0.2, 0.25) is 0 Å². The van der Waals surface area contributed by atoms with Gasteiger partial charge in [-0.3, -0.25) is 19.6 Å². The van der Waals surface area contributed by atoms with Gasteiger partial charge in [-0.2, -0.15) is 0 Å².